The van der Waals surface area contributed by atoms with Gasteiger partial charge in [-0.05, 0) is 48.2 Å². The van der Waals surface area contributed by atoms with E-state index in [0.29, 0.717) is 11.3 Å². The number of thioether (sulfide) groups is 1. The van der Waals surface area contributed by atoms with Gasteiger partial charge in [-0.2, -0.15) is 13.4 Å². The summed E-state index contributed by atoms with van der Waals surface area (Å²) in [5.41, 5.74) is 6.38. The van der Waals surface area contributed by atoms with Crippen LogP contribution in [0.25, 0.3) is 6.08 Å². The Bertz CT molecular complexity index is 1110. The van der Waals surface area contributed by atoms with E-state index >= 15 is 0 Å². The number of nitrogens with two attached hydrogens (primary N) is 1. The zero-order valence-electron chi connectivity index (χ0n) is 14.6. The molecule has 1 aliphatic rings. The molecule has 10 heteroatoms. The Labute approximate surface area is 165 Å². The fourth-order valence-electron chi connectivity index (χ4n) is 2.32. The third-order valence-corrected chi connectivity index (χ3v) is 5.57. The van der Waals surface area contributed by atoms with Crippen LogP contribution in [0.1, 0.15) is 12.5 Å². The predicted octanol–water partition coefficient (Wildman–Crippen LogP) is 2.34. The fraction of sp³-hybridized carbons (Fsp3) is 0.0556. The standard InChI is InChI=1S/C18H15N3O5S2/c1-11(22)20-13-6-8-14(9-7-13)28(24,25)26-15-5-3-2-4-12(15)10-16-17(23)21-18(19)27-16/h2-10H,1H3,(H,20,22)(H2,19,21,23)/b16-10-. The van der Waals surface area contributed by atoms with E-state index in [1.807, 2.05) is 0 Å². The summed E-state index contributed by atoms with van der Waals surface area (Å²) in [5.74, 6) is -0.703. The van der Waals surface area contributed by atoms with Crippen molar-refractivity contribution in [3.05, 3.63) is 59.0 Å². The van der Waals surface area contributed by atoms with Crippen molar-refractivity contribution >= 4 is 50.6 Å². The molecular weight excluding hydrogens is 402 g/mol. The summed E-state index contributed by atoms with van der Waals surface area (Å²) >= 11 is 0.998. The summed E-state index contributed by atoms with van der Waals surface area (Å²) in [6.07, 6.45) is 1.47. The Hall–Kier alpha value is -3.11. The van der Waals surface area contributed by atoms with Crippen molar-refractivity contribution in [3.8, 4) is 5.75 Å². The highest BCUT2D eigenvalue weighted by atomic mass is 32.2. The van der Waals surface area contributed by atoms with Crippen LogP contribution in [-0.2, 0) is 19.7 Å². The molecule has 1 aliphatic heterocycles. The first-order valence-electron chi connectivity index (χ1n) is 7.94. The second kappa shape index (κ2) is 7.87. The first-order chi connectivity index (χ1) is 13.2. The molecule has 1 heterocycles. The van der Waals surface area contributed by atoms with E-state index in [9.17, 15) is 18.0 Å². The smallest absolute Gasteiger partial charge is 0.339 e. The number of benzene rings is 2. The number of nitrogens with one attached hydrogen (secondary N) is 1. The van der Waals surface area contributed by atoms with Gasteiger partial charge in [0.25, 0.3) is 5.91 Å². The van der Waals surface area contributed by atoms with E-state index in [0.717, 1.165) is 11.8 Å². The van der Waals surface area contributed by atoms with E-state index in [-0.39, 0.29) is 26.6 Å². The molecule has 0 bridgehead atoms. The van der Waals surface area contributed by atoms with Gasteiger partial charge in [-0.3, -0.25) is 9.59 Å². The Balaban J connectivity index is 1.86. The Morgan fingerprint density at radius 2 is 1.86 bits per heavy atom. The maximum absolute atomic E-state index is 12.6. The molecule has 0 saturated heterocycles. The summed E-state index contributed by atoms with van der Waals surface area (Å²) in [4.78, 5) is 26.6. The van der Waals surface area contributed by atoms with Crippen LogP contribution in [0, 0.1) is 0 Å². The van der Waals surface area contributed by atoms with Crippen LogP contribution in [0.15, 0.2) is 63.3 Å². The zero-order valence-corrected chi connectivity index (χ0v) is 16.2. The minimum Gasteiger partial charge on any atom is -0.378 e. The number of hydrogen-bond acceptors (Lipinski definition) is 7. The molecule has 144 valence electrons. The predicted molar refractivity (Wildman–Crippen MR) is 107 cm³/mol. The number of rotatable bonds is 5. The number of aliphatic imine (C=N–C) groups is 1. The SMILES string of the molecule is CC(=O)Nc1ccc(S(=O)(=O)Oc2ccccc2/C=C2\SC(N)=NC2=O)cc1. The third-order valence-electron chi connectivity index (χ3n) is 3.51. The summed E-state index contributed by atoms with van der Waals surface area (Å²) in [6, 6.07) is 12.0. The highest BCUT2D eigenvalue weighted by molar-refractivity contribution is 8.18. The summed E-state index contributed by atoms with van der Waals surface area (Å²) in [6.45, 7) is 1.35. The molecule has 2 amide bonds. The minimum atomic E-state index is -4.13. The van der Waals surface area contributed by atoms with Crippen LogP contribution in [-0.4, -0.2) is 25.4 Å². The number of anilines is 1. The fourth-order valence-corrected chi connectivity index (χ4v) is 3.94. The number of nitrogens with zero attached hydrogens (tertiary/aromatic N) is 1. The number of amides is 2. The molecule has 0 fully saturated rings. The van der Waals surface area contributed by atoms with Gasteiger partial charge in [0, 0.05) is 18.2 Å². The average molecular weight is 417 g/mol. The van der Waals surface area contributed by atoms with Gasteiger partial charge in [-0.15, -0.1) is 0 Å². The van der Waals surface area contributed by atoms with Gasteiger partial charge >= 0.3 is 10.1 Å². The highest BCUT2D eigenvalue weighted by Gasteiger charge is 2.22. The van der Waals surface area contributed by atoms with Crippen molar-refractivity contribution < 1.29 is 22.2 Å². The molecule has 0 saturated carbocycles. The lowest BCUT2D eigenvalue weighted by Crippen LogP contribution is -2.11. The van der Waals surface area contributed by atoms with Gasteiger partial charge in [0.05, 0.1) is 4.91 Å². The molecule has 0 spiro atoms. The quantitative estimate of drug-likeness (QED) is 0.564. The number of carbonyl (C=O) groups excluding carboxylic acids is 2. The molecule has 0 unspecified atom stereocenters. The Kier molecular flexibility index (Phi) is 5.52. The largest absolute Gasteiger partial charge is 0.378 e. The monoisotopic (exact) mass is 417 g/mol. The van der Waals surface area contributed by atoms with E-state index in [2.05, 4.69) is 10.3 Å². The van der Waals surface area contributed by atoms with Crippen LogP contribution < -0.4 is 15.2 Å². The molecular formula is C18H15N3O5S2. The second-order valence-corrected chi connectivity index (χ2v) is 8.26. The van der Waals surface area contributed by atoms with Crippen molar-refractivity contribution in [3.63, 3.8) is 0 Å². The molecule has 3 rings (SSSR count). The number of hydrogen-bond donors (Lipinski definition) is 2. The molecule has 8 nitrogen and oxygen atoms in total. The van der Waals surface area contributed by atoms with E-state index in [1.165, 1.54) is 43.3 Å². The third kappa shape index (κ3) is 4.59. The average Bonchev–Trinajstić information content (AvgIpc) is 2.93. The number of carbonyl (C=O) groups is 2. The molecule has 0 radical (unpaired) electrons. The first kappa shape index (κ1) is 19.6. The second-order valence-electron chi connectivity index (χ2n) is 5.65. The van der Waals surface area contributed by atoms with Gasteiger partial charge < -0.3 is 15.2 Å². The van der Waals surface area contributed by atoms with E-state index in [1.54, 1.807) is 18.2 Å². The van der Waals surface area contributed by atoms with Crippen LogP contribution in [0.3, 0.4) is 0 Å². The van der Waals surface area contributed by atoms with Gasteiger partial charge in [-0.25, -0.2) is 0 Å². The van der Waals surface area contributed by atoms with Crippen LogP contribution in [0.5, 0.6) is 5.75 Å². The molecule has 28 heavy (non-hydrogen) atoms. The van der Waals surface area contributed by atoms with Crippen molar-refractivity contribution in [1.29, 1.82) is 0 Å². The van der Waals surface area contributed by atoms with Gasteiger partial charge in [-0.1, -0.05) is 18.2 Å². The lowest BCUT2D eigenvalue weighted by molar-refractivity contribution is -0.114. The van der Waals surface area contributed by atoms with Crippen molar-refractivity contribution in [2.45, 2.75) is 11.8 Å². The maximum atomic E-state index is 12.6. The molecule has 0 aliphatic carbocycles. The molecule has 2 aromatic rings. The zero-order chi connectivity index (χ0) is 20.3. The van der Waals surface area contributed by atoms with Crippen LogP contribution >= 0.6 is 11.8 Å². The summed E-state index contributed by atoms with van der Waals surface area (Å²) in [5, 5.41) is 2.68. The van der Waals surface area contributed by atoms with Crippen molar-refractivity contribution in [1.82, 2.24) is 0 Å². The van der Waals surface area contributed by atoms with E-state index in [4.69, 9.17) is 9.92 Å². The van der Waals surface area contributed by atoms with Gasteiger partial charge in [0.15, 0.2) is 5.17 Å². The van der Waals surface area contributed by atoms with Crippen LogP contribution in [0.4, 0.5) is 5.69 Å². The number of para-hydroxylation sites is 1. The van der Waals surface area contributed by atoms with Gasteiger partial charge in [0.2, 0.25) is 5.91 Å². The molecule has 2 aromatic carbocycles. The lowest BCUT2D eigenvalue weighted by Gasteiger charge is -2.10. The maximum Gasteiger partial charge on any atom is 0.339 e. The summed E-state index contributed by atoms with van der Waals surface area (Å²) in [7, 11) is -4.13. The summed E-state index contributed by atoms with van der Waals surface area (Å²) < 4.78 is 30.5. The minimum absolute atomic E-state index is 0.0554. The Morgan fingerprint density at radius 3 is 2.46 bits per heavy atom. The van der Waals surface area contributed by atoms with Crippen molar-refractivity contribution in [2.24, 2.45) is 10.7 Å². The Morgan fingerprint density at radius 1 is 1.18 bits per heavy atom. The normalized spacial score (nSPS) is 15.4. The van der Waals surface area contributed by atoms with Crippen molar-refractivity contribution in [2.75, 3.05) is 5.32 Å². The molecule has 0 aromatic heterocycles. The molecule has 0 atom stereocenters. The topological polar surface area (TPSA) is 128 Å². The van der Waals surface area contributed by atoms with Gasteiger partial charge in [0.1, 0.15) is 10.6 Å². The van der Waals surface area contributed by atoms with Crippen LogP contribution in [0.2, 0.25) is 0 Å². The first-order valence-corrected chi connectivity index (χ1v) is 10.2. The number of amidine groups is 1. The highest BCUT2D eigenvalue weighted by Crippen LogP contribution is 2.31. The molecule has 3 N–H and O–H groups in total. The van der Waals surface area contributed by atoms with E-state index < -0.39 is 16.0 Å². The lowest BCUT2D eigenvalue weighted by atomic mass is 10.2.